The molecule has 2 unspecified atom stereocenters. The highest BCUT2D eigenvalue weighted by atomic mass is 19.4. The Hall–Kier alpha value is -1.27. The molecule has 1 N–H and O–H groups in total. The van der Waals surface area contributed by atoms with Crippen LogP contribution in [0.5, 0.6) is 0 Å². The van der Waals surface area contributed by atoms with Crippen LogP contribution in [0.25, 0.3) is 0 Å². The molecule has 1 saturated heterocycles. The molecular formula is C13H21F3N2O2. The molecule has 2 amide bonds. The van der Waals surface area contributed by atoms with Gasteiger partial charge in [-0.25, -0.2) is 0 Å². The fourth-order valence-electron chi connectivity index (χ4n) is 2.38. The molecule has 116 valence electrons. The highest BCUT2D eigenvalue weighted by Crippen LogP contribution is 2.23. The van der Waals surface area contributed by atoms with Gasteiger partial charge in [-0.05, 0) is 25.7 Å². The van der Waals surface area contributed by atoms with Crippen molar-refractivity contribution in [2.24, 2.45) is 0 Å². The van der Waals surface area contributed by atoms with E-state index in [1.165, 1.54) is 4.90 Å². The molecule has 0 radical (unpaired) electrons. The number of hydrogen-bond acceptors (Lipinski definition) is 2. The van der Waals surface area contributed by atoms with Gasteiger partial charge >= 0.3 is 6.18 Å². The Labute approximate surface area is 116 Å². The van der Waals surface area contributed by atoms with Crippen molar-refractivity contribution in [1.82, 2.24) is 10.2 Å². The minimum atomic E-state index is -4.17. The Morgan fingerprint density at radius 2 is 1.80 bits per heavy atom. The molecule has 0 saturated carbocycles. The normalized spacial score (nSPS) is 23.9. The van der Waals surface area contributed by atoms with Crippen molar-refractivity contribution in [3.63, 3.8) is 0 Å². The van der Waals surface area contributed by atoms with E-state index in [9.17, 15) is 22.8 Å². The van der Waals surface area contributed by atoms with Gasteiger partial charge in [-0.1, -0.05) is 13.8 Å². The van der Waals surface area contributed by atoms with Crippen LogP contribution in [0.2, 0.25) is 0 Å². The summed E-state index contributed by atoms with van der Waals surface area (Å²) in [6.07, 6.45) is -3.84. The second-order valence-corrected chi connectivity index (χ2v) is 5.00. The summed E-state index contributed by atoms with van der Waals surface area (Å²) in [7, 11) is 0. The third-order valence-electron chi connectivity index (χ3n) is 3.48. The van der Waals surface area contributed by atoms with E-state index in [2.05, 4.69) is 5.32 Å². The lowest BCUT2D eigenvalue weighted by atomic mass is 10.0. The van der Waals surface area contributed by atoms with Gasteiger partial charge in [-0.2, -0.15) is 13.2 Å². The monoisotopic (exact) mass is 294 g/mol. The molecule has 0 aromatic rings. The third-order valence-corrected chi connectivity index (χ3v) is 3.48. The van der Waals surface area contributed by atoms with Gasteiger partial charge in [0.05, 0.1) is 0 Å². The minimum absolute atomic E-state index is 0.0257. The fraction of sp³-hybridized carbons (Fsp3) is 0.846. The number of alkyl halides is 3. The van der Waals surface area contributed by atoms with Crippen LogP contribution in [-0.2, 0) is 9.59 Å². The van der Waals surface area contributed by atoms with Crippen molar-refractivity contribution in [1.29, 1.82) is 0 Å². The van der Waals surface area contributed by atoms with E-state index >= 15 is 0 Å². The number of carbonyl (C=O) groups is 2. The fourth-order valence-corrected chi connectivity index (χ4v) is 2.38. The second-order valence-electron chi connectivity index (χ2n) is 5.00. The van der Waals surface area contributed by atoms with Crippen LogP contribution in [-0.4, -0.2) is 41.5 Å². The zero-order valence-corrected chi connectivity index (χ0v) is 11.8. The Bertz CT molecular complexity index is 358. The van der Waals surface area contributed by atoms with Crippen molar-refractivity contribution in [2.45, 2.75) is 64.2 Å². The average molecular weight is 294 g/mol. The van der Waals surface area contributed by atoms with Crippen LogP contribution in [0.3, 0.4) is 0 Å². The summed E-state index contributed by atoms with van der Waals surface area (Å²) >= 11 is 0. The van der Waals surface area contributed by atoms with Crippen LogP contribution >= 0.6 is 0 Å². The maximum absolute atomic E-state index is 12.2. The highest BCUT2D eigenvalue weighted by Gasteiger charge is 2.38. The molecule has 0 spiro atoms. The van der Waals surface area contributed by atoms with E-state index < -0.39 is 24.7 Å². The molecule has 20 heavy (non-hydrogen) atoms. The molecule has 1 aliphatic heterocycles. The van der Waals surface area contributed by atoms with Crippen LogP contribution in [0.15, 0.2) is 0 Å². The first-order valence-electron chi connectivity index (χ1n) is 6.97. The molecule has 1 aliphatic rings. The van der Waals surface area contributed by atoms with Crippen molar-refractivity contribution >= 4 is 11.8 Å². The van der Waals surface area contributed by atoms with Crippen LogP contribution in [0.4, 0.5) is 13.2 Å². The second kappa shape index (κ2) is 6.95. The van der Waals surface area contributed by atoms with Gasteiger partial charge in [0.1, 0.15) is 12.1 Å². The van der Waals surface area contributed by atoms with Crippen molar-refractivity contribution in [3.05, 3.63) is 0 Å². The predicted octanol–water partition coefficient (Wildman–Crippen LogP) is 2.23. The maximum atomic E-state index is 12.2. The maximum Gasteiger partial charge on any atom is 0.389 e. The van der Waals surface area contributed by atoms with Crippen molar-refractivity contribution in [2.75, 3.05) is 6.54 Å². The van der Waals surface area contributed by atoms with Gasteiger partial charge in [-0.15, -0.1) is 0 Å². The zero-order chi connectivity index (χ0) is 15.3. The molecule has 1 rings (SSSR count). The first-order valence-corrected chi connectivity index (χ1v) is 6.97. The number of nitrogens with one attached hydrogen (secondary N) is 1. The van der Waals surface area contributed by atoms with E-state index in [0.717, 1.165) is 0 Å². The lowest BCUT2D eigenvalue weighted by Crippen LogP contribution is -2.63. The number of unbranched alkanes of at least 4 members (excludes halogenated alkanes) is 1. The number of hydrogen-bond donors (Lipinski definition) is 1. The molecule has 0 bridgehead atoms. The quantitative estimate of drug-likeness (QED) is 0.764. The summed E-state index contributed by atoms with van der Waals surface area (Å²) in [5, 5.41) is 2.65. The minimum Gasteiger partial charge on any atom is -0.343 e. The zero-order valence-electron chi connectivity index (χ0n) is 11.8. The van der Waals surface area contributed by atoms with E-state index in [0.29, 0.717) is 12.8 Å². The highest BCUT2D eigenvalue weighted by molar-refractivity contribution is 5.96. The SMILES string of the molecule is CCC1NC(=O)C(CC)N(CCCCC(F)(F)F)C1=O. The Balaban J connectivity index is 2.58. The number of rotatable bonds is 6. The van der Waals surface area contributed by atoms with Gasteiger partial charge in [0.25, 0.3) is 0 Å². The molecule has 0 aliphatic carbocycles. The number of amides is 2. The standard InChI is InChI=1S/C13H21F3N2O2/c1-3-9-12(20)18(10(4-2)11(19)17-9)8-6-5-7-13(14,15)16/h9-10H,3-8H2,1-2H3,(H,17,19). The molecule has 2 atom stereocenters. The Morgan fingerprint density at radius 1 is 1.15 bits per heavy atom. The largest absolute Gasteiger partial charge is 0.389 e. The summed E-state index contributed by atoms with van der Waals surface area (Å²) < 4.78 is 36.2. The lowest BCUT2D eigenvalue weighted by Gasteiger charge is -2.38. The van der Waals surface area contributed by atoms with Gasteiger partial charge in [0.15, 0.2) is 0 Å². The molecule has 1 heterocycles. The Kier molecular flexibility index (Phi) is 5.83. The van der Waals surface area contributed by atoms with Crippen LogP contribution in [0, 0.1) is 0 Å². The molecule has 4 nitrogen and oxygen atoms in total. The molecule has 0 aromatic carbocycles. The first-order chi connectivity index (χ1) is 9.30. The number of carbonyl (C=O) groups excluding carboxylic acids is 2. The Morgan fingerprint density at radius 3 is 2.30 bits per heavy atom. The molecule has 7 heteroatoms. The van der Waals surface area contributed by atoms with Gasteiger partial charge < -0.3 is 10.2 Å². The van der Waals surface area contributed by atoms with E-state index in [-0.39, 0.29) is 31.2 Å². The first kappa shape index (κ1) is 16.8. The number of piperazine rings is 1. The summed E-state index contributed by atoms with van der Waals surface area (Å²) in [5.41, 5.74) is 0. The van der Waals surface area contributed by atoms with Gasteiger partial charge in [0.2, 0.25) is 11.8 Å². The predicted molar refractivity (Wildman–Crippen MR) is 67.9 cm³/mol. The van der Waals surface area contributed by atoms with E-state index in [1.54, 1.807) is 13.8 Å². The van der Waals surface area contributed by atoms with E-state index in [4.69, 9.17) is 0 Å². The summed E-state index contributed by atoms with van der Waals surface area (Å²) in [6.45, 7) is 3.78. The number of halogens is 3. The molecule has 1 fully saturated rings. The van der Waals surface area contributed by atoms with Crippen molar-refractivity contribution in [3.8, 4) is 0 Å². The third kappa shape index (κ3) is 4.38. The van der Waals surface area contributed by atoms with Gasteiger partial charge in [0, 0.05) is 13.0 Å². The summed E-state index contributed by atoms with van der Waals surface area (Å²) in [4.78, 5) is 25.4. The topological polar surface area (TPSA) is 49.4 Å². The summed E-state index contributed by atoms with van der Waals surface area (Å²) in [6, 6.07) is -1.11. The van der Waals surface area contributed by atoms with Gasteiger partial charge in [-0.3, -0.25) is 9.59 Å². The lowest BCUT2D eigenvalue weighted by molar-refractivity contribution is -0.150. The van der Waals surface area contributed by atoms with Crippen molar-refractivity contribution < 1.29 is 22.8 Å². The average Bonchev–Trinajstić information content (AvgIpc) is 2.36. The smallest absolute Gasteiger partial charge is 0.343 e. The van der Waals surface area contributed by atoms with Crippen LogP contribution < -0.4 is 5.32 Å². The number of nitrogens with zero attached hydrogens (tertiary/aromatic N) is 1. The molecule has 0 aromatic heterocycles. The van der Waals surface area contributed by atoms with Crippen LogP contribution in [0.1, 0.15) is 46.0 Å². The van der Waals surface area contributed by atoms with E-state index in [1.807, 2.05) is 0 Å². The summed E-state index contributed by atoms with van der Waals surface area (Å²) in [5.74, 6) is -0.402. The molecular weight excluding hydrogens is 273 g/mol.